The lowest BCUT2D eigenvalue weighted by molar-refractivity contribution is 0.466. The predicted octanol–water partition coefficient (Wildman–Crippen LogP) is 3.22. The summed E-state index contributed by atoms with van der Waals surface area (Å²) >= 11 is 0. The van der Waals surface area contributed by atoms with E-state index in [0.29, 0.717) is 5.75 Å². The Morgan fingerprint density at radius 3 is 2.93 bits per heavy atom. The first-order valence-electron chi connectivity index (χ1n) is 5.65. The van der Waals surface area contributed by atoms with Gasteiger partial charge in [0.05, 0.1) is 0 Å². The second-order valence-electron chi connectivity index (χ2n) is 4.16. The van der Waals surface area contributed by atoms with E-state index in [9.17, 15) is 5.11 Å². The van der Waals surface area contributed by atoms with Crippen LogP contribution in [0.2, 0.25) is 0 Å². The minimum Gasteiger partial charge on any atom is -0.508 e. The van der Waals surface area contributed by atoms with Crippen molar-refractivity contribution in [3.8, 4) is 5.75 Å². The Balaban J connectivity index is 2.31. The van der Waals surface area contributed by atoms with E-state index in [2.05, 4.69) is 13.0 Å². The molecule has 14 heavy (non-hydrogen) atoms. The van der Waals surface area contributed by atoms with Crippen molar-refractivity contribution in [2.24, 2.45) is 0 Å². The van der Waals surface area contributed by atoms with Crippen LogP contribution in [0, 0.1) is 0 Å². The summed E-state index contributed by atoms with van der Waals surface area (Å²) in [5.41, 5.74) is 4.13. The Hall–Kier alpha value is -0.980. The van der Waals surface area contributed by atoms with Gasteiger partial charge in [0, 0.05) is 0 Å². The molecule has 0 unspecified atom stereocenters. The molecule has 0 saturated heterocycles. The molecule has 0 aliphatic heterocycles. The topological polar surface area (TPSA) is 20.2 Å². The van der Waals surface area contributed by atoms with Crippen LogP contribution in [0.25, 0.3) is 0 Å². The second kappa shape index (κ2) is 4.04. The number of phenols is 1. The largest absolute Gasteiger partial charge is 0.508 e. The van der Waals surface area contributed by atoms with Gasteiger partial charge in [-0.1, -0.05) is 19.4 Å². The highest BCUT2D eigenvalue weighted by molar-refractivity contribution is 5.46. The molecule has 0 radical (unpaired) electrons. The van der Waals surface area contributed by atoms with E-state index in [1.54, 1.807) is 0 Å². The zero-order chi connectivity index (χ0) is 9.97. The van der Waals surface area contributed by atoms with Gasteiger partial charge in [0.2, 0.25) is 0 Å². The number of aryl methyl sites for hydroxylation is 1. The average molecular weight is 190 g/mol. The maximum atomic E-state index is 9.80. The number of hydrogen-bond donors (Lipinski definition) is 1. The fourth-order valence-electron chi connectivity index (χ4n) is 2.36. The normalized spacial score (nSPS) is 14.4. The Labute approximate surface area is 85.8 Å². The molecule has 0 amide bonds. The Morgan fingerprint density at radius 1 is 1.29 bits per heavy atom. The zero-order valence-corrected chi connectivity index (χ0v) is 8.84. The maximum Gasteiger partial charge on any atom is 0.119 e. The summed E-state index contributed by atoms with van der Waals surface area (Å²) in [4.78, 5) is 0. The molecule has 1 aliphatic rings. The summed E-state index contributed by atoms with van der Waals surface area (Å²) < 4.78 is 0. The van der Waals surface area contributed by atoms with Crippen LogP contribution in [0.4, 0.5) is 0 Å². The minimum atomic E-state index is 0.513. The van der Waals surface area contributed by atoms with E-state index in [1.807, 2.05) is 6.07 Å². The minimum absolute atomic E-state index is 0.513. The summed E-state index contributed by atoms with van der Waals surface area (Å²) in [6.45, 7) is 2.19. The van der Waals surface area contributed by atoms with Crippen molar-refractivity contribution in [1.82, 2.24) is 0 Å². The van der Waals surface area contributed by atoms with Gasteiger partial charge < -0.3 is 5.11 Å². The second-order valence-corrected chi connectivity index (χ2v) is 4.16. The molecular weight excluding hydrogens is 172 g/mol. The fourth-order valence-corrected chi connectivity index (χ4v) is 2.36. The van der Waals surface area contributed by atoms with Crippen molar-refractivity contribution in [2.75, 3.05) is 0 Å². The Kier molecular flexibility index (Phi) is 2.76. The van der Waals surface area contributed by atoms with Crippen molar-refractivity contribution in [3.63, 3.8) is 0 Å². The monoisotopic (exact) mass is 190 g/mol. The number of fused-ring (bicyclic) bond motifs is 1. The van der Waals surface area contributed by atoms with Gasteiger partial charge in [0.1, 0.15) is 5.75 Å². The van der Waals surface area contributed by atoms with Crippen molar-refractivity contribution in [1.29, 1.82) is 0 Å². The van der Waals surface area contributed by atoms with Crippen LogP contribution in [-0.2, 0) is 19.3 Å². The molecule has 76 valence electrons. The summed E-state index contributed by atoms with van der Waals surface area (Å²) in [7, 11) is 0. The van der Waals surface area contributed by atoms with E-state index < -0.39 is 0 Å². The highest BCUT2D eigenvalue weighted by Gasteiger charge is 2.16. The molecular formula is C13H18O. The lowest BCUT2D eigenvalue weighted by Gasteiger charge is -2.10. The highest BCUT2D eigenvalue weighted by Crippen LogP contribution is 2.32. The molecule has 0 atom stereocenters. The van der Waals surface area contributed by atoms with E-state index >= 15 is 0 Å². The van der Waals surface area contributed by atoms with Gasteiger partial charge in [-0.2, -0.15) is 0 Å². The van der Waals surface area contributed by atoms with Gasteiger partial charge in [-0.15, -0.1) is 0 Å². The summed E-state index contributed by atoms with van der Waals surface area (Å²) in [5.74, 6) is 0.513. The zero-order valence-electron chi connectivity index (χ0n) is 8.84. The summed E-state index contributed by atoms with van der Waals surface area (Å²) in [6.07, 6.45) is 7.06. The molecule has 1 aromatic carbocycles. The van der Waals surface area contributed by atoms with Gasteiger partial charge in [-0.05, 0) is 54.9 Å². The molecule has 1 N–H and O–H groups in total. The molecule has 0 spiro atoms. The van der Waals surface area contributed by atoms with Crippen molar-refractivity contribution in [3.05, 3.63) is 28.8 Å². The van der Waals surface area contributed by atoms with Crippen LogP contribution in [0.3, 0.4) is 0 Å². The van der Waals surface area contributed by atoms with Crippen LogP contribution in [0.1, 0.15) is 42.9 Å². The van der Waals surface area contributed by atoms with Gasteiger partial charge >= 0.3 is 0 Å². The van der Waals surface area contributed by atoms with Crippen molar-refractivity contribution >= 4 is 0 Å². The summed E-state index contributed by atoms with van der Waals surface area (Å²) in [6, 6.07) is 3.96. The van der Waals surface area contributed by atoms with E-state index in [0.717, 1.165) is 6.42 Å². The lowest BCUT2D eigenvalue weighted by atomic mass is 9.98. The van der Waals surface area contributed by atoms with Crippen LogP contribution in [0.15, 0.2) is 12.1 Å². The molecule has 1 aromatic rings. The Morgan fingerprint density at radius 2 is 2.14 bits per heavy atom. The predicted molar refractivity (Wildman–Crippen MR) is 58.7 cm³/mol. The molecule has 0 saturated carbocycles. The third kappa shape index (κ3) is 1.63. The molecule has 1 heteroatoms. The van der Waals surface area contributed by atoms with Crippen LogP contribution in [0.5, 0.6) is 5.75 Å². The highest BCUT2D eigenvalue weighted by atomic mass is 16.3. The summed E-state index contributed by atoms with van der Waals surface area (Å²) in [5, 5.41) is 9.80. The number of unbranched alkanes of at least 4 members (excludes halogenated alkanes) is 1. The lowest BCUT2D eigenvalue weighted by Crippen LogP contribution is -1.94. The number of phenolic OH excluding ortho intramolecular Hbond substituents is 1. The molecule has 2 rings (SSSR count). The molecule has 1 aliphatic carbocycles. The van der Waals surface area contributed by atoms with Gasteiger partial charge in [0.15, 0.2) is 0 Å². The molecule has 0 bridgehead atoms. The van der Waals surface area contributed by atoms with Crippen LogP contribution < -0.4 is 0 Å². The first kappa shape index (κ1) is 9.57. The van der Waals surface area contributed by atoms with Gasteiger partial charge in [-0.3, -0.25) is 0 Å². The number of rotatable bonds is 3. The van der Waals surface area contributed by atoms with E-state index in [4.69, 9.17) is 0 Å². The van der Waals surface area contributed by atoms with E-state index in [1.165, 1.54) is 48.8 Å². The van der Waals surface area contributed by atoms with Crippen LogP contribution in [-0.4, -0.2) is 5.11 Å². The first-order chi connectivity index (χ1) is 6.83. The van der Waals surface area contributed by atoms with Gasteiger partial charge in [0.25, 0.3) is 0 Å². The molecule has 1 nitrogen and oxygen atoms in total. The molecule has 0 fully saturated rings. The SMILES string of the molecule is CCCCc1c(O)ccc2c1CCC2. The van der Waals surface area contributed by atoms with Gasteiger partial charge in [-0.25, -0.2) is 0 Å². The number of aromatic hydroxyl groups is 1. The molecule has 0 heterocycles. The van der Waals surface area contributed by atoms with E-state index in [-0.39, 0.29) is 0 Å². The Bertz CT molecular complexity index is 328. The quantitative estimate of drug-likeness (QED) is 0.776. The first-order valence-corrected chi connectivity index (χ1v) is 5.65. The molecule has 0 aromatic heterocycles. The maximum absolute atomic E-state index is 9.80. The third-order valence-corrected chi connectivity index (χ3v) is 3.16. The van der Waals surface area contributed by atoms with Crippen LogP contribution >= 0.6 is 0 Å². The standard InChI is InChI=1S/C13H18O/c1-2-3-6-12-11-7-4-5-10(11)8-9-13(12)14/h8-9,14H,2-7H2,1H3. The number of benzene rings is 1. The van der Waals surface area contributed by atoms with Crippen molar-refractivity contribution < 1.29 is 5.11 Å². The van der Waals surface area contributed by atoms with Crippen molar-refractivity contribution in [2.45, 2.75) is 45.4 Å². The smallest absolute Gasteiger partial charge is 0.119 e. The number of hydrogen-bond acceptors (Lipinski definition) is 1. The fraction of sp³-hybridized carbons (Fsp3) is 0.538. The third-order valence-electron chi connectivity index (χ3n) is 3.16. The average Bonchev–Trinajstić information content (AvgIpc) is 2.64.